The number of carbonyl (C=O) groups excluding carboxylic acids is 1. The van der Waals surface area contributed by atoms with E-state index in [1.54, 1.807) is 19.1 Å². The van der Waals surface area contributed by atoms with Crippen LogP contribution in [-0.2, 0) is 14.9 Å². The van der Waals surface area contributed by atoms with Crippen LogP contribution >= 0.6 is 11.6 Å². The summed E-state index contributed by atoms with van der Waals surface area (Å²) >= 11 is 5.79. The van der Waals surface area contributed by atoms with E-state index in [2.05, 4.69) is 5.32 Å². The van der Waals surface area contributed by atoms with Crippen molar-refractivity contribution < 1.29 is 22.1 Å². The van der Waals surface area contributed by atoms with E-state index in [1.165, 1.54) is 30.3 Å². The number of ether oxygens (including phenoxy) is 1. The smallest absolute Gasteiger partial charge is 0.411 e. The molecule has 2 aromatic carbocycles. The van der Waals surface area contributed by atoms with Crippen LogP contribution in [0.2, 0.25) is 5.02 Å². The summed E-state index contributed by atoms with van der Waals surface area (Å²) in [6.07, 6.45) is -0.668. The Morgan fingerprint density at radius 3 is 2.72 bits per heavy atom. The Hall–Kier alpha value is -2.76. The van der Waals surface area contributed by atoms with Crippen LogP contribution in [0.1, 0.15) is 12.5 Å². The lowest BCUT2D eigenvalue weighted by Crippen LogP contribution is -2.14. The number of carbonyl (C=O) groups is 1. The molecule has 0 saturated carbocycles. The standard InChI is InChI=1S/C16H13ClN2O5S/c1-2-23-16(20)19-12-4-3-5-13(9-12)24-25(21,22)14-6-7-15(17)11(8-14)10-18/h3-9H,2H2,1H3,(H,19,20). The zero-order valence-corrected chi connectivity index (χ0v) is 14.6. The van der Waals surface area contributed by atoms with Crippen LogP contribution in [0.3, 0.4) is 0 Å². The predicted molar refractivity (Wildman–Crippen MR) is 91.1 cm³/mol. The first-order chi connectivity index (χ1) is 11.9. The van der Waals surface area contributed by atoms with Gasteiger partial charge in [-0.05, 0) is 37.3 Å². The highest BCUT2D eigenvalue weighted by atomic mass is 35.5. The van der Waals surface area contributed by atoms with Crippen molar-refractivity contribution in [2.45, 2.75) is 11.8 Å². The molecule has 25 heavy (non-hydrogen) atoms. The summed E-state index contributed by atoms with van der Waals surface area (Å²) in [5, 5.41) is 11.5. The van der Waals surface area contributed by atoms with Gasteiger partial charge in [-0.15, -0.1) is 0 Å². The van der Waals surface area contributed by atoms with E-state index in [1.807, 2.05) is 0 Å². The van der Waals surface area contributed by atoms with Gasteiger partial charge in [0, 0.05) is 11.8 Å². The fourth-order valence-corrected chi connectivity index (χ4v) is 2.94. The van der Waals surface area contributed by atoms with Gasteiger partial charge in [0.05, 0.1) is 17.2 Å². The van der Waals surface area contributed by atoms with Gasteiger partial charge in [0.2, 0.25) is 0 Å². The summed E-state index contributed by atoms with van der Waals surface area (Å²) in [5.41, 5.74) is 0.323. The van der Waals surface area contributed by atoms with Gasteiger partial charge in [0.15, 0.2) is 0 Å². The highest BCUT2D eigenvalue weighted by Gasteiger charge is 2.18. The van der Waals surface area contributed by atoms with Gasteiger partial charge in [-0.2, -0.15) is 13.7 Å². The second kappa shape index (κ2) is 7.88. The molecule has 7 nitrogen and oxygen atoms in total. The molecule has 0 fully saturated rings. The number of nitrogens with zero attached hydrogens (tertiary/aromatic N) is 1. The van der Waals surface area contributed by atoms with E-state index in [9.17, 15) is 13.2 Å². The Kier molecular flexibility index (Phi) is 5.85. The summed E-state index contributed by atoms with van der Waals surface area (Å²) in [7, 11) is -4.17. The third-order valence-electron chi connectivity index (χ3n) is 2.91. The number of hydrogen-bond acceptors (Lipinski definition) is 6. The largest absolute Gasteiger partial charge is 0.450 e. The summed E-state index contributed by atoms with van der Waals surface area (Å²) in [4.78, 5) is 11.2. The van der Waals surface area contributed by atoms with Gasteiger partial charge in [-0.25, -0.2) is 4.79 Å². The van der Waals surface area contributed by atoms with Crippen LogP contribution in [0.15, 0.2) is 47.4 Å². The second-order valence-electron chi connectivity index (χ2n) is 4.66. The van der Waals surface area contributed by atoms with Crippen LogP contribution in [0.25, 0.3) is 0 Å². The molecule has 2 aromatic rings. The maximum absolute atomic E-state index is 12.3. The monoisotopic (exact) mass is 380 g/mol. The number of nitriles is 1. The van der Waals surface area contributed by atoms with Crippen molar-refractivity contribution in [3.63, 3.8) is 0 Å². The molecule has 0 saturated heterocycles. The third-order valence-corrected chi connectivity index (χ3v) is 4.48. The molecule has 0 heterocycles. The quantitative estimate of drug-likeness (QED) is 0.795. The summed E-state index contributed by atoms with van der Waals surface area (Å²) in [6.45, 7) is 1.86. The Morgan fingerprint density at radius 1 is 1.28 bits per heavy atom. The number of anilines is 1. The van der Waals surface area contributed by atoms with Crippen LogP contribution in [0.5, 0.6) is 5.75 Å². The first-order valence-electron chi connectivity index (χ1n) is 7.03. The zero-order valence-electron chi connectivity index (χ0n) is 13.0. The average Bonchev–Trinajstić information content (AvgIpc) is 2.55. The molecule has 0 radical (unpaired) electrons. The maximum Gasteiger partial charge on any atom is 0.411 e. The fourth-order valence-electron chi connectivity index (χ4n) is 1.83. The molecule has 1 N–H and O–H groups in total. The molecule has 0 spiro atoms. The van der Waals surface area contributed by atoms with Crippen molar-refractivity contribution in [3.8, 4) is 11.8 Å². The molecule has 1 amide bonds. The topological polar surface area (TPSA) is 105 Å². The first-order valence-corrected chi connectivity index (χ1v) is 8.82. The Bertz CT molecular complexity index is 938. The minimum Gasteiger partial charge on any atom is -0.450 e. The van der Waals surface area contributed by atoms with Gasteiger partial charge in [0.1, 0.15) is 16.7 Å². The van der Waals surface area contributed by atoms with Crippen molar-refractivity contribution in [2.75, 3.05) is 11.9 Å². The van der Waals surface area contributed by atoms with Gasteiger partial charge in [-0.1, -0.05) is 17.7 Å². The minimum atomic E-state index is -4.17. The molecular formula is C16H13ClN2O5S. The van der Waals surface area contributed by atoms with Crippen molar-refractivity contribution in [1.29, 1.82) is 5.26 Å². The number of rotatable bonds is 5. The van der Waals surface area contributed by atoms with Crippen molar-refractivity contribution >= 4 is 33.5 Å². The molecule has 0 aliphatic rings. The van der Waals surface area contributed by atoms with Gasteiger partial charge >= 0.3 is 16.2 Å². The SMILES string of the molecule is CCOC(=O)Nc1cccc(OS(=O)(=O)c2ccc(Cl)c(C#N)c2)c1. The number of amides is 1. The van der Waals surface area contributed by atoms with E-state index in [4.69, 9.17) is 25.8 Å². The normalized spacial score (nSPS) is 10.6. The van der Waals surface area contributed by atoms with E-state index in [-0.39, 0.29) is 27.8 Å². The molecule has 9 heteroatoms. The minimum absolute atomic E-state index is 0.0113. The number of hydrogen-bond donors (Lipinski definition) is 1. The number of halogens is 1. The van der Waals surface area contributed by atoms with E-state index >= 15 is 0 Å². The molecular weight excluding hydrogens is 368 g/mol. The fraction of sp³-hybridized carbons (Fsp3) is 0.125. The molecule has 0 aliphatic carbocycles. The molecule has 0 aliphatic heterocycles. The van der Waals surface area contributed by atoms with Crippen LogP contribution in [0, 0.1) is 11.3 Å². The molecule has 0 aromatic heterocycles. The van der Waals surface area contributed by atoms with Gasteiger partial charge < -0.3 is 8.92 Å². The predicted octanol–water partition coefficient (Wildman–Crippen LogP) is 3.55. The lowest BCUT2D eigenvalue weighted by molar-refractivity contribution is 0.168. The number of benzene rings is 2. The Morgan fingerprint density at radius 2 is 2.04 bits per heavy atom. The van der Waals surface area contributed by atoms with E-state index < -0.39 is 16.2 Å². The van der Waals surface area contributed by atoms with Gasteiger partial charge in [0.25, 0.3) is 0 Å². The molecule has 0 atom stereocenters. The molecule has 0 bridgehead atoms. The maximum atomic E-state index is 12.3. The molecule has 2 rings (SSSR count). The van der Waals surface area contributed by atoms with Crippen LogP contribution in [-0.4, -0.2) is 21.1 Å². The van der Waals surface area contributed by atoms with Crippen molar-refractivity contribution in [1.82, 2.24) is 0 Å². The first kappa shape index (κ1) is 18.6. The van der Waals surface area contributed by atoms with E-state index in [0.717, 1.165) is 6.07 Å². The Balaban J connectivity index is 2.24. The van der Waals surface area contributed by atoms with Crippen molar-refractivity contribution in [2.24, 2.45) is 0 Å². The van der Waals surface area contributed by atoms with E-state index in [0.29, 0.717) is 5.69 Å². The van der Waals surface area contributed by atoms with Crippen molar-refractivity contribution in [3.05, 3.63) is 53.1 Å². The zero-order chi connectivity index (χ0) is 18.4. The summed E-state index contributed by atoms with van der Waals surface area (Å²) < 4.78 is 34.4. The van der Waals surface area contributed by atoms with Crippen LogP contribution in [0.4, 0.5) is 10.5 Å². The average molecular weight is 381 g/mol. The lowest BCUT2D eigenvalue weighted by Gasteiger charge is -2.10. The summed E-state index contributed by atoms with van der Waals surface area (Å²) in [5.74, 6) is -0.0113. The highest BCUT2D eigenvalue weighted by molar-refractivity contribution is 7.87. The number of nitrogens with one attached hydrogen (secondary N) is 1. The molecule has 0 unspecified atom stereocenters. The Labute approximate surface area is 149 Å². The molecule has 130 valence electrons. The third kappa shape index (κ3) is 4.86. The lowest BCUT2D eigenvalue weighted by atomic mass is 10.2. The van der Waals surface area contributed by atoms with Crippen LogP contribution < -0.4 is 9.50 Å². The highest BCUT2D eigenvalue weighted by Crippen LogP contribution is 2.24. The van der Waals surface area contributed by atoms with Gasteiger partial charge in [-0.3, -0.25) is 5.32 Å². The summed E-state index contributed by atoms with van der Waals surface area (Å²) in [6, 6.07) is 11.3. The second-order valence-corrected chi connectivity index (χ2v) is 6.62.